The number of hydrogen-bond donors (Lipinski definition) is 3. The quantitative estimate of drug-likeness (QED) is 0.472. The minimum absolute atomic E-state index is 0.273. The van der Waals surface area contributed by atoms with Gasteiger partial charge in [0.1, 0.15) is 6.33 Å². The summed E-state index contributed by atoms with van der Waals surface area (Å²) < 4.78 is 1.67. The number of nitrogens with two attached hydrogens (primary N) is 1. The molecule has 1 atom stereocenters. The van der Waals surface area contributed by atoms with E-state index in [9.17, 15) is 5.11 Å². The molecule has 0 aromatic carbocycles. The average molecular weight is 262 g/mol. The number of anilines is 2. The highest BCUT2D eigenvalue weighted by Crippen LogP contribution is 2.18. The van der Waals surface area contributed by atoms with Crippen molar-refractivity contribution in [2.24, 2.45) is 5.84 Å². The van der Waals surface area contributed by atoms with Gasteiger partial charge in [0, 0.05) is 25.5 Å². The third-order valence-electron chi connectivity index (χ3n) is 2.92. The van der Waals surface area contributed by atoms with E-state index in [0.29, 0.717) is 31.4 Å². The van der Waals surface area contributed by atoms with E-state index in [1.54, 1.807) is 23.3 Å². The Balaban J connectivity index is 1.98. The van der Waals surface area contributed by atoms with Gasteiger partial charge < -0.3 is 10.0 Å². The Bertz CT molecular complexity index is 557. The Morgan fingerprint density at radius 3 is 2.79 bits per heavy atom. The van der Waals surface area contributed by atoms with Gasteiger partial charge in [-0.25, -0.2) is 10.8 Å². The molecule has 2 aromatic rings. The smallest absolute Gasteiger partial charge is 0.243 e. The molecule has 9 nitrogen and oxygen atoms in total. The number of rotatable bonds is 3. The summed E-state index contributed by atoms with van der Waals surface area (Å²) in [5.41, 5.74) is 2.42. The first-order valence-electron chi connectivity index (χ1n) is 5.90. The van der Waals surface area contributed by atoms with E-state index in [-0.39, 0.29) is 12.1 Å². The Morgan fingerprint density at radius 1 is 1.32 bits per heavy atom. The number of hydrogen-bond acceptors (Lipinski definition) is 8. The molecule has 1 unspecified atom stereocenters. The Labute approximate surface area is 109 Å². The third-order valence-corrected chi connectivity index (χ3v) is 2.92. The predicted molar refractivity (Wildman–Crippen MR) is 67.6 cm³/mol. The van der Waals surface area contributed by atoms with Crippen LogP contribution >= 0.6 is 0 Å². The molecular weight excluding hydrogens is 248 g/mol. The summed E-state index contributed by atoms with van der Waals surface area (Å²) in [6.07, 6.45) is 5.33. The summed E-state index contributed by atoms with van der Waals surface area (Å²) >= 11 is 0. The van der Waals surface area contributed by atoms with E-state index in [1.165, 1.54) is 0 Å². The summed E-state index contributed by atoms with van der Waals surface area (Å²) in [7, 11) is 0. The van der Waals surface area contributed by atoms with Crippen molar-refractivity contribution < 1.29 is 5.11 Å². The Morgan fingerprint density at radius 2 is 2.16 bits per heavy atom. The monoisotopic (exact) mass is 262 g/mol. The molecule has 0 saturated carbocycles. The van der Waals surface area contributed by atoms with Gasteiger partial charge in [0.2, 0.25) is 17.8 Å². The molecule has 3 rings (SSSR count). The van der Waals surface area contributed by atoms with Crippen LogP contribution in [0.15, 0.2) is 18.7 Å². The van der Waals surface area contributed by atoms with Gasteiger partial charge in [-0.1, -0.05) is 0 Å². The lowest BCUT2D eigenvalue weighted by Crippen LogP contribution is -2.25. The van der Waals surface area contributed by atoms with E-state index >= 15 is 0 Å². The standard InChI is InChI=1S/C10H14N8O/c11-16-8-13-9(17-3-1-7(19)5-17)15-10(14-8)18-4-2-12-6-18/h2,4,6-7,19H,1,3,5,11H2,(H,13,14,15,16). The van der Waals surface area contributed by atoms with E-state index in [4.69, 9.17) is 5.84 Å². The Hall–Kier alpha value is -2.26. The summed E-state index contributed by atoms with van der Waals surface area (Å²) in [5.74, 6) is 6.56. The molecule has 1 aliphatic rings. The molecule has 0 amide bonds. The van der Waals surface area contributed by atoms with Crippen LogP contribution in [0.1, 0.15) is 6.42 Å². The van der Waals surface area contributed by atoms with Crippen LogP contribution < -0.4 is 16.2 Å². The highest BCUT2D eigenvalue weighted by atomic mass is 16.3. The van der Waals surface area contributed by atoms with Crippen molar-refractivity contribution in [3.05, 3.63) is 18.7 Å². The van der Waals surface area contributed by atoms with Gasteiger partial charge in [-0.15, -0.1) is 0 Å². The van der Waals surface area contributed by atoms with E-state index in [2.05, 4.69) is 25.4 Å². The predicted octanol–water partition coefficient (Wildman–Crippen LogP) is -1.09. The molecule has 0 spiro atoms. The van der Waals surface area contributed by atoms with Gasteiger partial charge in [0.05, 0.1) is 6.10 Å². The van der Waals surface area contributed by atoms with Crippen LogP contribution in [0.25, 0.3) is 5.95 Å². The summed E-state index contributed by atoms with van der Waals surface area (Å²) in [4.78, 5) is 18.6. The van der Waals surface area contributed by atoms with Crippen molar-refractivity contribution in [3.63, 3.8) is 0 Å². The molecule has 9 heteroatoms. The fourth-order valence-corrected chi connectivity index (χ4v) is 1.98. The fraction of sp³-hybridized carbons (Fsp3) is 0.400. The van der Waals surface area contributed by atoms with Crippen molar-refractivity contribution >= 4 is 11.9 Å². The molecule has 1 aliphatic heterocycles. The zero-order chi connectivity index (χ0) is 13.2. The first-order valence-corrected chi connectivity index (χ1v) is 5.90. The summed E-state index contributed by atoms with van der Waals surface area (Å²) in [5, 5.41) is 9.57. The van der Waals surface area contributed by atoms with Crippen LogP contribution in [0.2, 0.25) is 0 Å². The largest absolute Gasteiger partial charge is 0.391 e. The zero-order valence-electron chi connectivity index (χ0n) is 10.1. The maximum Gasteiger partial charge on any atom is 0.243 e. The Kier molecular flexibility index (Phi) is 2.97. The van der Waals surface area contributed by atoms with Crippen LogP contribution in [0, 0.1) is 0 Å². The number of aromatic nitrogens is 5. The van der Waals surface area contributed by atoms with Crippen molar-refractivity contribution in [1.82, 2.24) is 24.5 Å². The minimum atomic E-state index is -0.345. The van der Waals surface area contributed by atoms with Crippen LogP contribution in [0.4, 0.5) is 11.9 Å². The molecule has 3 heterocycles. The number of β-amino-alcohol motifs (C(OH)–C–C–N with tert-alkyl or cyclic N) is 1. The van der Waals surface area contributed by atoms with Crippen LogP contribution in [-0.4, -0.2) is 48.8 Å². The van der Waals surface area contributed by atoms with Crippen molar-refractivity contribution in [2.75, 3.05) is 23.4 Å². The number of nitrogens with zero attached hydrogens (tertiary/aromatic N) is 6. The van der Waals surface area contributed by atoms with Gasteiger partial charge in [-0.2, -0.15) is 15.0 Å². The average Bonchev–Trinajstić information content (AvgIpc) is 3.09. The van der Waals surface area contributed by atoms with Gasteiger partial charge in [-0.05, 0) is 6.42 Å². The number of hydrazine groups is 1. The molecule has 1 saturated heterocycles. The van der Waals surface area contributed by atoms with Gasteiger partial charge >= 0.3 is 0 Å². The number of nitrogen functional groups attached to an aromatic ring is 1. The number of nitrogens with one attached hydrogen (secondary N) is 1. The molecule has 4 N–H and O–H groups in total. The lowest BCUT2D eigenvalue weighted by molar-refractivity contribution is 0.198. The number of aliphatic hydroxyl groups excluding tert-OH is 1. The maximum atomic E-state index is 9.57. The van der Waals surface area contributed by atoms with Crippen LogP contribution in [-0.2, 0) is 0 Å². The lowest BCUT2D eigenvalue weighted by atomic mass is 10.3. The van der Waals surface area contributed by atoms with Crippen molar-refractivity contribution in [1.29, 1.82) is 0 Å². The molecule has 2 aromatic heterocycles. The molecule has 1 fully saturated rings. The lowest BCUT2D eigenvalue weighted by Gasteiger charge is -2.16. The van der Waals surface area contributed by atoms with E-state index in [1.807, 2.05) is 4.90 Å². The first kappa shape index (κ1) is 11.8. The topological polar surface area (TPSA) is 118 Å². The van der Waals surface area contributed by atoms with Crippen LogP contribution in [0.5, 0.6) is 0 Å². The fourth-order valence-electron chi connectivity index (χ4n) is 1.98. The van der Waals surface area contributed by atoms with Crippen molar-refractivity contribution in [3.8, 4) is 5.95 Å². The summed E-state index contributed by atoms with van der Waals surface area (Å²) in [6, 6.07) is 0. The minimum Gasteiger partial charge on any atom is -0.391 e. The van der Waals surface area contributed by atoms with Gasteiger partial charge in [-0.3, -0.25) is 9.99 Å². The summed E-state index contributed by atoms with van der Waals surface area (Å²) in [6.45, 7) is 1.22. The van der Waals surface area contributed by atoms with Gasteiger partial charge in [0.15, 0.2) is 0 Å². The molecule has 0 bridgehead atoms. The van der Waals surface area contributed by atoms with Crippen LogP contribution in [0.3, 0.4) is 0 Å². The highest BCUT2D eigenvalue weighted by molar-refractivity contribution is 5.40. The van der Waals surface area contributed by atoms with E-state index < -0.39 is 0 Å². The second-order valence-electron chi connectivity index (χ2n) is 4.26. The molecule has 100 valence electrons. The maximum absolute atomic E-state index is 9.57. The second-order valence-corrected chi connectivity index (χ2v) is 4.26. The molecule has 19 heavy (non-hydrogen) atoms. The molecular formula is C10H14N8O. The normalized spacial score (nSPS) is 18.8. The highest BCUT2D eigenvalue weighted by Gasteiger charge is 2.23. The molecule has 0 radical (unpaired) electrons. The third kappa shape index (κ3) is 2.33. The zero-order valence-corrected chi connectivity index (χ0v) is 10.1. The second kappa shape index (κ2) is 4.78. The SMILES string of the molecule is NNc1nc(N2CCC(O)C2)nc(-n2ccnc2)n1. The first-order chi connectivity index (χ1) is 9.26. The van der Waals surface area contributed by atoms with Crippen molar-refractivity contribution in [2.45, 2.75) is 12.5 Å². The number of aliphatic hydroxyl groups is 1. The molecule has 0 aliphatic carbocycles. The number of imidazole rings is 1. The van der Waals surface area contributed by atoms with Gasteiger partial charge in [0.25, 0.3) is 0 Å². The van der Waals surface area contributed by atoms with E-state index in [0.717, 1.165) is 0 Å².